The Bertz CT molecular complexity index is 794. The molecule has 0 saturated carbocycles. The van der Waals surface area contributed by atoms with Gasteiger partial charge in [-0.15, -0.1) is 0 Å². The highest BCUT2D eigenvalue weighted by molar-refractivity contribution is 5.71. The van der Waals surface area contributed by atoms with Crippen molar-refractivity contribution in [1.82, 2.24) is 0 Å². The van der Waals surface area contributed by atoms with Gasteiger partial charge in [0.1, 0.15) is 13.2 Å². The summed E-state index contributed by atoms with van der Waals surface area (Å²) in [6.45, 7) is 11.3. The van der Waals surface area contributed by atoms with Gasteiger partial charge >= 0.3 is 17.9 Å². The second-order valence-corrected chi connectivity index (χ2v) is 16.6. The monoisotopic (exact) mass is 737 g/mol. The molecule has 0 aromatic rings. The first-order chi connectivity index (χ1) is 25.2. The number of carbonyl (C=O) groups excluding carboxylic acids is 3. The minimum atomic E-state index is -0.760. The maximum absolute atomic E-state index is 12.7. The van der Waals surface area contributed by atoms with Gasteiger partial charge in [0, 0.05) is 19.3 Å². The van der Waals surface area contributed by atoms with Crippen molar-refractivity contribution in [3.05, 3.63) is 0 Å². The van der Waals surface area contributed by atoms with Crippen LogP contribution in [0.3, 0.4) is 0 Å². The molecule has 0 saturated heterocycles. The van der Waals surface area contributed by atoms with Crippen molar-refractivity contribution in [3.63, 3.8) is 0 Å². The summed E-state index contributed by atoms with van der Waals surface area (Å²) in [6.07, 6.45) is 36.7. The summed E-state index contributed by atoms with van der Waals surface area (Å²) < 4.78 is 16.7. The van der Waals surface area contributed by atoms with Crippen LogP contribution in [0.25, 0.3) is 0 Å². The van der Waals surface area contributed by atoms with Gasteiger partial charge in [0.25, 0.3) is 0 Å². The van der Waals surface area contributed by atoms with Crippen molar-refractivity contribution in [2.45, 2.75) is 253 Å². The van der Waals surface area contributed by atoms with E-state index < -0.39 is 6.10 Å². The van der Waals surface area contributed by atoms with Crippen LogP contribution in [0, 0.1) is 11.8 Å². The van der Waals surface area contributed by atoms with E-state index >= 15 is 0 Å². The lowest BCUT2D eigenvalue weighted by Gasteiger charge is -2.18. The average Bonchev–Trinajstić information content (AvgIpc) is 3.11. The molecule has 0 aromatic carbocycles. The van der Waals surface area contributed by atoms with Gasteiger partial charge in [-0.2, -0.15) is 0 Å². The van der Waals surface area contributed by atoms with E-state index in [0.29, 0.717) is 19.3 Å². The second kappa shape index (κ2) is 39.1. The molecule has 6 heteroatoms. The predicted octanol–water partition coefficient (Wildman–Crippen LogP) is 14.2. The zero-order chi connectivity index (χ0) is 38.3. The van der Waals surface area contributed by atoms with Crippen molar-refractivity contribution in [2.24, 2.45) is 11.8 Å². The molecule has 0 bridgehead atoms. The van der Waals surface area contributed by atoms with Crippen LogP contribution in [0.15, 0.2) is 0 Å². The Morgan fingerprint density at radius 2 is 0.635 bits per heavy atom. The van der Waals surface area contributed by atoms with Gasteiger partial charge in [0.15, 0.2) is 6.10 Å². The molecule has 308 valence electrons. The van der Waals surface area contributed by atoms with Crippen LogP contribution in [0.5, 0.6) is 0 Å². The fourth-order valence-electron chi connectivity index (χ4n) is 6.75. The van der Waals surface area contributed by atoms with Crippen LogP contribution in [0.4, 0.5) is 0 Å². The van der Waals surface area contributed by atoms with Gasteiger partial charge < -0.3 is 14.2 Å². The Kier molecular flexibility index (Phi) is 37.9. The molecular formula is C46H88O6. The van der Waals surface area contributed by atoms with Crippen LogP contribution in [0.2, 0.25) is 0 Å². The van der Waals surface area contributed by atoms with Crippen molar-refractivity contribution in [3.8, 4) is 0 Å². The third-order valence-electron chi connectivity index (χ3n) is 10.2. The quantitative estimate of drug-likeness (QED) is 0.0354. The van der Waals surface area contributed by atoms with E-state index in [1.54, 1.807) is 0 Å². The van der Waals surface area contributed by atoms with Crippen molar-refractivity contribution in [1.29, 1.82) is 0 Å². The van der Waals surface area contributed by atoms with Crippen molar-refractivity contribution < 1.29 is 28.6 Å². The summed E-state index contributed by atoms with van der Waals surface area (Å²) >= 11 is 0. The van der Waals surface area contributed by atoms with Gasteiger partial charge in [0.2, 0.25) is 0 Å². The fraction of sp³-hybridized carbons (Fsp3) is 0.935. The zero-order valence-corrected chi connectivity index (χ0v) is 35.4. The first kappa shape index (κ1) is 50.4. The van der Waals surface area contributed by atoms with E-state index in [1.807, 2.05) is 0 Å². The normalized spacial score (nSPS) is 12.1. The topological polar surface area (TPSA) is 78.9 Å². The molecule has 0 rings (SSSR count). The average molecular weight is 737 g/mol. The Morgan fingerprint density at radius 1 is 0.365 bits per heavy atom. The maximum Gasteiger partial charge on any atom is 0.306 e. The van der Waals surface area contributed by atoms with Gasteiger partial charge in [-0.3, -0.25) is 14.4 Å². The molecule has 0 aliphatic heterocycles. The maximum atomic E-state index is 12.7. The molecular weight excluding hydrogens is 648 g/mol. The van der Waals surface area contributed by atoms with Gasteiger partial charge in [-0.25, -0.2) is 0 Å². The number of carbonyl (C=O) groups is 3. The summed E-state index contributed by atoms with van der Waals surface area (Å²) in [4.78, 5) is 37.7. The molecule has 0 heterocycles. The van der Waals surface area contributed by atoms with E-state index in [-0.39, 0.29) is 31.1 Å². The summed E-state index contributed by atoms with van der Waals surface area (Å²) in [5.41, 5.74) is 0. The molecule has 0 amide bonds. The number of unbranched alkanes of at least 4 members (excludes halogenated alkanes) is 25. The van der Waals surface area contributed by atoms with E-state index in [4.69, 9.17) is 14.2 Å². The van der Waals surface area contributed by atoms with Crippen molar-refractivity contribution in [2.75, 3.05) is 13.2 Å². The minimum Gasteiger partial charge on any atom is -0.462 e. The van der Waals surface area contributed by atoms with Gasteiger partial charge in [-0.05, 0) is 31.1 Å². The number of esters is 3. The molecule has 1 atom stereocenters. The Balaban J connectivity index is 4.32. The largest absolute Gasteiger partial charge is 0.462 e. The third-order valence-corrected chi connectivity index (χ3v) is 10.2. The Labute approximate surface area is 323 Å². The number of ether oxygens (including phenoxy) is 3. The first-order valence-corrected chi connectivity index (χ1v) is 22.7. The summed E-state index contributed by atoms with van der Waals surface area (Å²) in [5.74, 6) is 0.712. The number of hydrogen-bond acceptors (Lipinski definition) is 6. The Hall–Kier alpha value is -1.59. The predicted molar refractivity (Wildman–Crippen MR) is 220 cm³/mol. The SMILES string of the molecule is CCCCCCCCCCCCCCCC(=O)OC[C@H](COC(=O)CCCCCCCCCCC(C)C)OC(=O)CCCCCCCCCC(C)C. The highest BCUT2D eigenvalue weighted by Gasteiger charge is 2.19. The number of hydrogen-bond donors (Lipinski definition) is 0. The summed E-state index contributed by atoms with van der Waals surface area (Å²) in [5, 5.41) is 0. The molecule has 0 aliphatic rings. The molecule has 6 nitrogen and oxygen atoms in total. The van der Waals surface area contributed by atoms with E-state index in [2.05, 4.69) is 34.6 Å². The second-order valence-electron chi connectivity index (χ2n) is 16.6. The first-order valence-electron chi connectivity index (χ1n) is 22.7. The summed E-state index contributed by atoms with van der Waals surface area (Å²) in [6, 6.07) is 0. The molecule has 0 aliphatic carbocycles. The smallest absolute Gasteiger partial charge is 0.306 e. The van der Waals surface area contributed by atoms with Crippen LogP contribution in [-0.4, -0.2) is 37.2 Å². The Morgan fingerprint density at radius 3 is 0.942 bits per heavy atom. The molecule has 0 spiro atoms. The lowest BCUT2D eigenvalue weighted by molar-refractivity contribution is -0.167. The molecule has 0 fully saturated rings. The standard InChI is InChI=1S/C46H88O6/c1-6-7-8-9-10-11-12-13-14-15-21-26-31-36-44(47)50-39-43(52-46(49)38-33-28-23-18-20-25-30-35-42(4)5)40-51-45(48)37-32-27-22-17-16-19-24-29-34-41(2)3/h41-43H,6-40H2,1-5H3/t43-/m1/s1. The summed E-state index contributed by atoms with van der Waals surface area (Å²) in [7, 11) is 0. The van der Waals surface area contributed by atoms with E-state index in [0.717, 1.165) is 69.6 Å². The zero-order valence-electron chi connectivity index (χ0n) is 35.4. The minimum absolute atomic E-state index is 0.0656. The lowest BCUT2D eigenvalue weighted by atomic mass is 10.0. The number of rotatable bonds is 40. The van der Waals surface area contributed by atoms with E-state index in [9.17, 15) is 14.4 Å². The van der Waals surface area contributed by atoms with Gasteiger partial charge in [0.05, 0.1) is 0 Å². The van der Waals surface area contributed by atoms with Crippen LogP contribution >= 0.6 is 0 Å². The molecule has 0 aromatic heterocycles. The molecule has 0 N–H and O–H groups in total. The lowest BCUT2D eigenvalue weighted by Crippen LogP contribution is -2.30. The van der Waals surface area contributed by atoms with E-state index in [1.165, 1.54) is 135 Å². The fourth-order valence-corrected chi connectivity index (χ4v) is 6.75. The van der Waals surface area contributed by atoms with Crippen LogP contribution in [-0.2, 0) is 28.6 Å². The molecule has 0 unspecified atom stereocenters. The van der Waals surface area contributed by atoms with Crippen LogP contribution < -0.4 is 0 Å². The molecule has 52 heavy (non-hydrogen) atoms. The molecule has 0 radical (unpaired) electrons. The highest BCUT2D eigenvalue weighted by atomic mass is 16.6. The van der Waals surface area contributed by atoms with Crippen molar-refractivity contribution >= 4 is 17.9 Å². The third kappa shape index (κ3) is 39.6. The van der Waals surface area contributed by atoms with Gasteiger partial charge in [-0.1, -0.05) is 208 Å². The van der Waals surface area contributed by atoms with Crippen LogP contribution in [0.1, 0.15) is 247 Å². The highest BCUT2D eigenvalue weighted by Crippen LogP contribution is 2.16.